The second-order valence-electron chi connectivity index (χ2n) is 4.52. The lowest BCUT2D eigenvalue weighted by Gasteiger charge is -2.06. The molecule has 0 aliphatic heterocycles. The maximum atomic E-state index is 11.4. The summed E-state index contributed by atoms with van der Waals surface area (Å²) in [4.78, 5) is 22.5. The van der Waals surface area contributed by atoms with Gasteiger partial charge in [-0.05, 0) is 24.8 Å². The first kappa shape index (κ1) is 17.2. The van der Waals surface area contributed by atoms with Crippen LogP contribution in [-0.4, -0.2) is 38.4 Å². The molecule has 0 amide bonds. The molecule has 0 radical (unpaired) electrons. The Morgan fingerprint density at radius 1 is 0.952 bits per heavy atom. The largest absolute Gasteiger partial charge is 0.464 e. The molecule has 1 rings (SSSR count). The fourth-order valence-corrected chi connectivity index (χ4v) is 1.62. The van der Waals surface area contributed by atoms with Crippen LogP contribution in [0.5, 0.6) is 0 Å². The highest BCUT2D eigenvalue weighted by molar-refractivity contribution is 5.73. The number of esters is 2. The number of carbonyl (C=O) groups is 2. The van der Waals surface area contributed by atoms with Crippen molar-refractivity contribution < 1.29 is 23.8 Å². The van der Waals surface area contributed by atoms with Crippen LogP contribution in [0.25, 0.3) is 0 Å². The van der Waals surface area contributed by atoms with E-state index in [1.165, 1.54) is 5.56 Å². The number of carbonyl (C=O) groups excluding carboxylic acids is 2. The van der Waals surface area contributed by atoms with E-state index in [2.05, 4.69) is 0 Å². The van der Waals surface area contributed by atoms with E-state index in [1.807, 2.05) is 37.3 Å². The van der Waals surface area contributed by atoms with Crippen molar-refractivity contribution in [3.05, 3.63) is 35.9 Å². The smallest absolute Gasteiger partial charge is 0.332 e. The van der Waals surface area contributed by atoms with Crippen molar-refractivity contribution in [1.29, 1.82) is 0 Å². The molecule has 21 heavy (non-hydrogen) atoms. The molecule has 0 saturated heterocycles. The zero-order chi connectivity index (χ0) is 15.3. The molecule has 5 nitrogen and oxygen atoms in total. The molecular formula is C16H22O5. The Balaban J connectivity index is 2.00. The van der Waals surface area contributed by atoms with E-state index in [9.17, 15) is 9.59 Å². The summed E-state index contributed by atoms with van der Waals surface area (Å²) in [6.45, 7) is 2.16. The van der Waals surface area contributed by atoms with Crippen LogP contribution in [0.2, 0.25) is 0 Å². The lowest BCUT2D eigenvalue weighted by Crippen LogP contribution is -2.19. The first-order valence-electron chi connectivity index (χ1n) is 7.15. The molecule has 0 bridgehead atoms. The van der Waals surface area contributed by atoms with Crippen LogP contribution in [0.1, 0.15) is 25.3 Å². The van der Waals surface area contributed by atoms with Gasteiger partial charge in [-0.3, -0.25) is 0 Å². The van der Waals surface area contributed by atoms with Gasteiger partial charge in [-0.1, -0.05) is 37.3 Å². The van der Waals surface area contributed by atoms with Gasteiger partial charge < -0.3 is 14.2 Å². The Labute approximate surface area is 125 Å². The number of benzene rings is 1. The molecule has 0 saturated carbocycles. The number of aryl methyl sites for hydroxylation is 1. The van der Waals surface area contributed by atoms with Gasteiger partial charge in [0.15, 0.2) is 0 Å². The number of hydrogen-bond acceptors (Lipinski definition) is 5. The highest BCUT2D eigenvalue weighted by atomic mass is 16.6. The fraction of sp³-hybridized carbons (Fsp3) is 0.500. The molecule has 0 aromatic heterocycles. The highest BCUT2D eigenvalue weighted by Crippen LogP contribution is 2.02. The lowest BCUT2D eigenvalue weighted by molar-refractivity contribution is -0.155. The molecule has 1 aromatic rings. The molecule has 0 unspecified atom stereocenters. The van der Waals surface area contributed by atoms with Gasteiger partial charge in [0, 0.05) is 0 Å². The van der Waals surface area contributed by atoms with E-state index >= 15 is 0 Å². The van der Waals surface area contributed by atoms with Crippen molar-refractivity contribution in [2.75, 3.05) is 26.4 Å². The van der Waals surface area contributed by atoms with E-state index < -0.39 is 11.9 Å². The van der Waals surface area contributed by atoms with Gasteiger partial charge >= 0.3 is 11.9 Å². The average Bonchev–Trinajstić information content (AvgIpc) is 2.50. The van der Waals surface area contributed by atoms with E-state index in [4.69, 9.17) is 14.2 Å². The molecule has 0 N–H and O–H groups in total. The molecule has 0 atom stereocenters. The summed E-state index contributed by atoms with van der Waals surface area (Å²) in [5.41, 5.74) is 1.21. The maximum absolute atomic E-state index is 11.4. The number of ether oxygens (including phenoxy) is 3. The van der Waals surface area contributed by atoms with Gasteiger partial charge in [-0.2, -0.15) is 0 Å². The van der Waals surface area contributed by atoms with Crippen LogP contribution in [0.3, 0.4) is 0 Å². The molecule has 0 fully saturated rings. The van der Waals surface area contributed by atoms with Crippen LogP contribution >= 0.6 is 0 Å². The first-order valence-corrected chi connectivity index (χ1v) is 7.15. The Morgan fingerprint density at radius 2 is 1.57 bits per heavy atom. The van der Waals surface area contributed by atoms with E-state index in [-0.39, 0.29) is 13.2 Å². The molecule has 1 aromatic carbocycles. The first-order chi connectivity index (χ1) is 10.2. The second-order valence-corrected chi connectivity index (χ2v) is 4.52. The zero-order valence-corrected chi connectivity index (χ0v) is 12.4. The van der Waals surface area contributed by atoms with Gasteiger partial charge in [-0.25, -0.2) is 9.59 Å². The van der Waals surface area contributed by atoms with E-state index in [0.717, 1.165) is 19.3 Å². The predicted octanol–water partition coefficient (Wildman–Crippen LogP) is 2.13. The van der Waals surface area contributed by atoms with E-state index in [0.29, 0.717) is 13.2 Å². The molecule has 0 heterocycles. The van der Waals surface area contributed by atoms with Gasteiger partial charge in [-0.15, -0.1) is 0 Å². The third-order valence-electron chi connectivity index (χ3n) is 2.62. The van der Waals surface area contributed by atoms with Crippen molar-refractivity contribution in [3.8, 4) is 0 Å². The van der Waals surface area contributed by atoms with Crippen LogP contribution in [0.15, 0.2) is 30.3 Å². The standard InChI is InChI=1S/C16H22O5/c1-2-10-20-15(17)12-19-13-16(18)21-11-6-9-14-7-4-3-5-8-14/h3-5,7-8H,2,6,9-13H2,1H3. The third-order valence-corrected chi connectivity index (χ3v) is 2.62. The summed E-state index contributed by atoms with van der Waals surface area (Å²) in [7, 11) is 0. The summed E-state index contributed by atoms with van der Waals surface area (Å²) in [5.74, 6) is -0.930. The highest BCUT2D eigenvalue weighted by Gasteiger charge is 2.07. The quantitative estimate of drug-likeness (QED) is 0.488. The Bertz CT molecular complexity index is 416. The normalized spacial score (nSPS) is 10.1. The summed E-state index contributed by atoms with van der Waals surface area (Å²) in [6.07, 6.45) is 2.38. The minimum atomic E-state index is -0.466. The van der Waals surface area contributed by atoms with Crippen molar-refractivity contribution >= 4 is 11.9 Å². The van der Waals surface area contributed by atoms with Gasteiger partial charge in [0.1, 0.15) is 13.2 Å². The third kappa shape index (κ3) is 8.81. The maximum Gasteiger partial charge on any atom is 0.332 e. The molecule has 0 aliphatic carbocycles. The summed E-state index contributed by atoms with van der Waals surface area (Å²) in [6, 6.07) is 9.99. The Hall–Kier alpha value is -1.88. The molecule has 0 aliphatic rings. The number of rotatable bonds is 10. The minimum Gasteiger partial charge on any atom is -0.464 e. The van der Waals surface area contributed by atoms with Crippen LogP contribution in [0.4, 0.5) is 0 Å². The minimum absolute atomic E-state index is 0.223. The molecule has 5 heteroatoms. The van der Waals surface area contributed by atoms with Crippen molar-refractivity contribution in [1.82, 2.24) is 0 Å². The average molecular weight is 294 g/mol. The Kier molecular flexibility index (Phi) is 8.88. The van der Waals surface area contributed by atoms with E-state index in [1.54, 1.807) is 0 Å². The van der Waals surface area contributed by atoms with Gasteiger partial charge in [0.2, 0.25) is 0 Å². The van der Waals surface area contributed by atoms with Crippen LogP contribution < -0.4 is 0 Å². The van der Waals surface area contributed by atoms with Crippen LogP contribution in [0, 0.1) is 0 Å². The lowest BCUT2D eigenvalue weighted by atomic mass is 10.1. The van der Waals surface area contributed by atoms with Crippen LogP contribution in [-0.2, 0) is 30.2 Å². The summed E-state index contributed by atoms with van der Waals surface area (Å²) < 4.78 is 14.7. The second kappa shape index (κ2) is 10.9. The molecule has 0 spiro atoms. The summed E-state index contributed by atoms with van der Waals surface area (Å²) in [5, 5.41) is 0. The molecule has 116 valence electrons. The molecular weight excluding hydrogens is 272 g/mol. The topological polar surface area (TPSA) is 61.8 Å². The van der Waals surface area contributed by atoms with Crippen molar-refractivity contribution in [3.63, 3.8) is 0 Å². The Morgan fingerprint density at radius 3 is 2.19 bits per heavy atom. The van der Waals surface area contributed by atoms with Gasteiger partial charge in [0.25, 0.3) is 0 Å². The van der Waals surface area contributed by atoms with Crippen molar-refractivity contribution in [2.24, 2.45) is 0 Å². The summed E-state index contributed by atoms with van der Waals surface area (Å²) >= 11 is 0. The zero-order valence-electron chi connectivity index (χ0n) is 12.4. The number of hydrogen-bond donors (Lipinski definition) is 0. The van der Waals surface area contributed by atoms with Gasteiger partial charge in [0.05, 0.1) is 13.2 Å². The fourth-order valence-electron chi connectivity index (χ4n) is 1.62. The predicted molar refractivity (Wildman–Crippen MR) is 77.8 cm³/mol. The van der Waals surface area contributed by atoms with Crippen molar-refractivity contribution in [2.45, 2.75) is 26.2 Å². The SMILES string of the molecule is CCCOC(=O)COCC(=O)OCCCc1ccccc1. The monoisotopic (exact) mass is 294 g/mol.